The second-order valence-corrected chi connectivity index (χ2v) is 6.18. The maximum absolute atomic E-state index is 13.6. The molecule has 102 valence electrons. The lowest BCUT2D eigenvalue weighted by Gasteiger charge is -2.29. The number of thioether (sulfide) groups is 1. The Balaban J connectivity index is 1.77. The molecule has 1 aromatic rings. The molecule has 0 saturated heterocycles. The van der Waals surface area contributed by atoms with E-state index in [4.69, 9.17) is 4.99 Å². The second kappa shape index (κ2) is 5.12. The molecule has 1 heterocycles. The van der Waals surface area contributed by atoms with Crippen LogP contribution in [0.15, 0.2) is 23.2 Å². The van der Waals surface area contributed by atoms with Crippen LogP contribution in [0.1, 0.15) is 32.1 Å². The SMILES string of the molecule is Fc1cccc(NC2=NC3(CCCCC3)CS2)c1F. The molecule has 1 fully saturated rings. The Morgan fingerprint density at radius 3 is 2.74 bits per heavy atom. The van der Waals surface area contributed by atoms with Gasteiger partial charge in [0.25, 0.3) is 0 Å². The summed E-state index contributed by atoms with van der Waals surface area (Å²) in [6, 6.07) is 4.15. The minimum absolute atomic E-state index is 0.0368. The van der Waals surface area contributed by atoms with Crippen molar-refractivity contribution in [3.05, 3.63) is 29.8 Å². The van der Waals surface area contributed by atoms with E-state index in [9.17, 15) is 8.78 Å². The Bertz CT molecular complexity index is 510. The molecule has 0 aromatic heterocycles. The highest BCUT2D eigenvalue weighted by atomic mass is 32.2. The Kier molecular flexibility index (Phi) is 3.48. The standard InChI is InChI=1S/C14H16F2N2S/c15-10-5-4-6-11(12(10)16)17-13-18-14(9-19-13)7-2-1-3-8-14/h4-6H,1-3,7-9H2,(H,17,18). The Morgan fingerprint density at radius 1 is 1.16 bits per heavy atom. The summed E-state index contributed by atoms with van der Waals surface area (Å²) in [5.74, 6) is -0.719. The van der Waals surface area contributed by atoms with Crippen molar-refractivity contribution in [3.8, 4) is 0 Å². The normalized spacial score (nSPS) is 21.5. The quantitative estimate of drug-likeness (QED) is 0.835. The first-order chi connectivity index (χ1) is 9.19. The maximum atomic E-state index is 13.6. The second-order valence-electron chi connectivity index (χ2n) is 5.22. The number of amidine groups is 1. The van der Waals surface area contributed by atoms with Crippen LogP contribution in [0, 0.1) is 11.6 Å². The lowest BCUT2D eigenvalue weighted by atomic mass is 9.84. The topological polar surface area (TPSA) is 24.4 Å². The number of halogens is 2. The molecule has 3 rings (SSSR count). The van der Waals surface area contributed by atoms with Crippen molar-refractivity contribution in [2.24, 2.45) is 4.99 Å². The average molecular weight is 282 g/mol. The summed E-state index contributed by atoms with van der Waals surface area (Å²) in [4.78, 5) is 4.72. The third kappa shape index (κ3) is 2.61. The van der Waals surface area contributed by atoms with Crippen molar-refractivity contribution in [3.63, 3.8) is 0 Å². The van der Waals surface area contributed by atoms with Gasteiger partial charge in [-0.05, 0) is 25.0 Å². The fourth-order valence-electron chi connectivity index (χ4n) is 2.73. The van der Waals surface area contributed by atoms with E-state index in [1.165, 1.54) is 31.4 Å². The van der Waals surface area contributed by atoms with Gasteiger partial charge in [0.2, 0.25) is 0 Å². The van der Waals surface area contributed by atoms with Gasteiger partial charge >= 0.3 is 0 Å². The van der Waals surface area contributed by atoms with Crippen LogP contribution in [-0.4, -0.2) is 16.5 Å². The number of rotatable bonds is 1. The molecule has 19 heavy (non-hydrogen) atoms. The lowest BCUT2D eigenvalue weighted by Crippen LogP contribution is -2.29. The van der Waals surface area contributed by atoms with Gasteiger partial charge in [0.1, 0.15) is 0 Å². The van der Waals surface area contributed by atoms with Crippen LogP contribution in [0.4, 0.5) is 14.5 Å². The lowest BCUT2D eigenvalue weighted by molar-refractivity contribution is 0.335. The zero-order valence-corrected chi connectivity index (χ0v) is 11.4. The van der Waals surface area contributed by atoms with E-state index in [2.05, 4.69) is 5.32 Å². The fourth-order valence-corrected chi connectivity index (χ4v) is 3.93. The minimum atomic E-state index is -0.838. The zero-order valence-electron chi connectivity index (χ0n) is 10.6. The molecule has 1 saturated carbocycles. The first-order valence-corrected chi connectivity index (χ1v) is 7.61. The molecule has 1 aliphatic heterocycles. The van der Waals surface area contributed by atoms with E-state index in [0.717, 1.165) is 24.7 Å². The van der Waals surface area contributed by atoms with Crippen molar-refractivity contribution in [2.45, 2.75) is 37.6 Å². The molecule has 2 nitrogen and oxygen atoms in total. The molecular formula is C14H16F2N2S. The fraction of sp³-hybridized carbons (Fsp3) is 0.500. The summed E-state index contributed by atoms with van der Waals surface area (Å²) in [5.41, 5.74) is 0.203. The Hall–Kier alpha value is -1.10. The number of hydrogen-bond donors (Lipinski definition) is 1. The number of nitrogens with one attached hydrogen (secondary N) is 1. The predicted molar refractivity (Wildman–Crippen MR) is 75.7 cm³/mol. The van der Waals surface area contributed by atoms with Crippen molar-refractivity contribution in [1.82, 2.24) is 0 Å². The average Bonchev–Trinajstić information content (AvgIpc) is 2.79. The highest BCUT2D eigenvalue weighted by molar-refractivity contribution is 8.14. The van der Waals surface area contributed by atoms with E-state index in [0.29, 0.717) is 5.17 Å². The number of nitrogens with zero attached hydrogens (tertiary/aromatic N) is 1. The summed E-state index contributed by atoms with van der Waals surface area (Å²) in [5, 5.41) is 3.63. The summed E-state index contributed by atoms with van der Waals surface area (Å²) in [6.07, 6.45) is 5.92. The molecule has 5 heteroatoms. The van der Waals surface area contributed by atoms with Gasteiger partial charge in [-0.25, -0.2) is 8.78 Å². The van der Waals surface area contributed by atoms with E-state index < -0.39 is 11.6 Å². The molecular weight excluding hydrogens is 266 g/mol. The monoisotopic (exact) mass is 282 g/mol. The van der Waals surface area contributed by atoms with Crippen LogP contribution in [0.25, 0.3) is 0 Å². The van der Waals surface area contributed by atoms with Gasteiger partial charge in [0, 0.05) is 5.75 Å². The largest absolute Gasteiger partial charge is 0.332 e. The van der Waals surface area contributed by atoms with Crippen molar-refractivity contribution >= 4 is 22.6 Å². The molecule has 2 aliphatic rings. The number of benzene rings is 1. The van der Waals surface area contributed by atoms with Gasteiger partial charge in [-0.2, -0.15) is 0 Å². The van der Waals surface area contributed by atoms with E-state index in [1.807, 2.05) is 0 Å². The smallest absolute Gasteiger partial charge is 0.182 e. The van der Waals surface area contributed by atoms with Gasteiger partial charge in [0.15, 0.2) is 16.8 Å². The third-order valence-electron chi connectivity index (χ3n) is 3.79. The van der Waals surface area contributed by atoms with Crippen LogP contribution in [0.5, 0.6) is 0 Å². The maximum Gasteiger partial charge on any atom is 0.182 e. The number of aliphatic imine (C=N–C) groups is 1. The summed E-state index contributed by atoms with van der Waals surface area (Å²) < 4.78 is 26.7. The molecule has 0 amide bonds. The third-order valence-corrected chi connectivity index (χ3v) is 4.94. The van der Waals surface area contributed by atoms with Gasteiger partial charge in [-0.1, -0.05) is 37.1 Å². The minimum Gasteiger partial charge on any atom is -0.332 e. The predicted octanol–water partition coefficient (Wildman–Crippen LogP) is 4.18. The molecule has 1 aliphatic carbocycles. The molecule has 0 atom stereocenters. The highest BCUT2D eigenvalue weighted by Gasteiger charge is 2.36. The van der Waals surface area contributed by atoms with E-state index >= 15 is 0 Å². The van der Waals surface area contributed by atoms with Crippen LogP contribution in [-0.2, 0) is 0 Å². The van der Waals surface area contributed by atoms with Gasteiger partial charge in [0.05, 0.1) is 11.2 Å². The van der Waals surface area contributed by atoms with Crippen molar-refractivity contribution in [1.29, 1.82) is 0 Å². The highest BCUT2D eigenvalue weighted by Crippen LogP contribution is 2.40. The van der Waals surface area contributed by atoms with Gasteiger partial charge < -0.3 is 5.32 Å². The van der Waals surface area contributed by atoms with Crippen LogP contribution < -0.4 is 5.32 Å². The summed E-state index contributed by atoms with van der Waals surface area (Å²) in [6.45, 7) is 0. The van der Waals surface area contributed by atoms with E-state index in [-0.39, 0.29) is 11.2 Å². The number of hydrogen-bond acceptors (Lipinski definition) is 3. The van der Waals surface area contributed by atoms with Crippen molar-refractivity contribution in [2.75, 3.05) is 11.1 Å². The molecule has 0 bridgehead atoms. The number of anilines is 1. The molecule has 1 spiro atoms. The molecule has 0 unspecified atom stereocenters. The molecule has 1 aromatic carbocycles. The van der Waals surface area contributed by atoms with Gasteiger partial charge in [-0.15, -0.1) is 0 Å². The molecule has 0 radical (unpaired) electrons. The van der Waals surface area contributed by atoms with Crippen LogP contribution in [0.2, 0.25) is 0 Å². The first-order valence-electron chi connectivity index (χ1n) is 6.62. The van der Waals surface area contributed by atoms with Crippen LogP contribution >= 0.6 is 11.8 Å². The molecule has 1 N–H and O–H groups in total. The Morgan fingerprint density at radius 2 is 1.95 bits per heavy atom. The summed E-state index contributed by atoms with van der Waals surface area (Å²) in [7, 11) is 0. The summed E-state index contributed by atoms with van der Waals surface area (Å²) >= 11 is 1.61. The first kappa shape index (κ1) is 12.9. The zero-order chi connectivity index (χ0) is 13.3. The Labute approximate surface area is 115 Å². The van der Waals surface area contributed by atoms with Crippen molar-refractivity contribution < 1.29 is 8.78 Å². The van der Waals surface area contributed by atoms with Crippen LogP contribution in [0.3, 0.4) is 0 Å². The van der Waals surface area contributed by atoms with Gasteiger partial charge in [-0.3, -0.25) is 4.99 Å². The van der Waals surface area contributed by atoms with E-state index in [1.54, 1.807) is 11.8 Å².